The van der Waals surface area contributed by atoms with E-state index >= 15 is 0 Å². The number of hydrazone groups is 1. The van der Waals surface area contributed by atoms with Gasteiger partial charge in [-0.15, -0.1) is 0 Å². The number of carbonyl (C=O) groups is 1. The SMILES string of the molecule is Cc1ccccc1C(=O)N/N=C\c1ccc(N(C)C)c([N+](=O)[O-])c1. The molecule has 2 aromatic carbocycles. The second kappa shape index (κ2) is 7.36. The number of nitro groups is 1. The van der Waals surface area contributed by atoms with Gasteiger partial charge in [0.15, 0.2) is 0 Å². The molecule has 0 aromatic heterocycles. The van der Waals surface area contributed by atoms with Crippen LogP contribution in [0.4, 0.5) is 11.4 Å². The summed E-state index contributed by atoms with van der Waals surface area (Å²) in [4.78, 5) is 24.4. The summed E-state index contributed by atoms with van der Waals surface area (Å²) < 4.78 is 0. The van der Waals surface area contributed by atoms with Crippen LogP contribution in [-0.2, 0) is 0 Å². The van der Waals surface area contributed by atoms with Crippen LogP contribution in [0.25, 0.3) is 0 Å². The van der Waals surface area contributed by atoms with Gasteiger partial charge in [-0.25, -0.2) is 5.43 Å². The highest BCUT2D eigenvalue weighted by molar-refractivity contribution is 5.96. The van der Waals surface area contributed by atoms with Crippen molar-refractivity contribution in [2.75, 3.05) is 19.0 Å². The lowest BCUT2D eigenvalue weighted by Gasteiger charge is -2.12. The number of hydrogen-bond donors (Lipinski definition) is 1. The van der Waals surface area contributed by atoms with E-state index in [4.69, 9.17) is 0 Å². The van der Waals surface area contributed by atoms with Crippen molar-refractivity contribution in [3.05, 3.63) is 69.3 Å². The highest BCUT2D eigenvalue weighted by Gasteiger charge is 2.15. The zero-order chi connectivity index (χ0) is 17.7. The minimum atomic E-state index is -0.446. The predicted octanol–water partition coefficient (Wildman–Crippen LogP) is 2.73. The molecule has 2 aromatic rings. The second-order valence-electron chi connectivity index (χ2n) is 5.41. The van der Waals surface area contributed by atoms with Gasteiger partial charge >= 0.3 is 0 Å². The fourth-order valence-corrected chi connectivity index (χ4v) is 2.20. The van der Waals surface area contributed by atoms with Gasteiger partial charge in [-0.1, -0.05) is 24.3 Å². The number of nitrogens with one attached hydrogen (secondary N) is 1. The van der Waals surface area contributed by atoms with Crippen LogP contribution >= 0.6 is 0 Å². The Morgan fingerprint density at radius 2 is 1.96 bits per heavy atom. The third-order valence-electron chi connectivity index (χ3n) is 3.45. The summed E-state index contributed by atoms with van der Waals surface area (Å²) in [5.74, 6) is -0.330. The molecule has 1 amide bonds. The van der Waals surface area contributed by atoms with Crippen molar-refractivity contribution in [3.63, 3.8) is 0 Å². The third-order valence-corrected chi connectivity index (χ3v) is 3.45. The fourth-order valence-electron chi connectivity index (χ4n) is 2.20. The zero-order valence-electron chi connectivity index (χ0n) is 13.7. The van der Waals surface area contributed by atoms with E-state index in [-0.39, 0.29) is 11.6 Å². The minimum Gasteiger partial charge on any atom is -0.372 e. The number of rotatable bonds is 5. The summed E-state index contributed by atoms with van der Waals surface area (Å²) in [6, 6.07) is 11.9. The third kappa shape index (κ3) is 3.95. The molecule has 0 aliphatic carbocycles. The molecule has 0 saturated carbocycles. The van der Waals surface area contributed by atoms with Gasteiger partial charge < -0.3 is 4.90 Å². The predicted molar refractivity (Wildman–Crippen MR) is 93.7 cm³/mol. The number of hydrogen-bond acceptors (Lipinski definition) is 5. The van der Waals surface area contributed by atoms with E-state index in [0.717, 1.165) is 5.56 Å². The van der Waals surface area contributed by atoms with Crippen LogP contribution in [0.5, 0.6) is 0 Å². The lowest BCUT2D eigenvalue weighted by Crippen LogP contribution is -2.18. The Kier molecular flexibility index (Phi) is 5.26. The van der Waals surface area contributed by atoms with E-state index in [9.17, 15) is 14.9 Å². The van der Waals surface area contributed by atoms with Gasteiger partial charge in [0, 0.05) is 31.3 Å². The van der Waals surface area contributed by atoms with Gasteiger partial charge in [0.25, 0.3) is 11.6 Å². The van der Waals surface area contributed by atoms with Crippen LogP contribution in [0.15, 0.2) is 47.6 Å². The van der Waals surface area contributed by atoms with Gasteiger partial charge in [0.2, 0.25) is 0 Å². The van der Waals surface area contributed by atoms with Crippen molar-refractivity contribution >= 4 is 23.5 Å². The first-order valence-corrected chi connectivity index (χ1v) is 7.25. The summed E-state index contributed by atoms with van der Waals surface area (Å²) in [7, 11) is 3.47. The number of carbonyl (C=O) groups excluding carboxylic acids is 1. The zero-order valence-corrected chi connectivity index (χ0v) is 13.7. The molecule has 0 saturated heterocycles. The molecule has 0 aliphatic rings. The molecule has 0 bridgehead atoms. The van der Waals surface area contributed by atoms with Gasteiger partial charge in [0.05, 0.1) is 11.1 Å². The number of anilines is 1. The topological polar surface area (TPSA) is 87.8 Å². The monoisotopic (exact) mass is 326 g/mol. The molecule has 0 radical (unpaired) electrons. The molecule has 124 valence electrons. The molecule has 24 heavy (non-hydrogen) atoms. The van der Waals surface area contributed by atoms with E-state index < -0.39 is 4.92 Å². The lowest BCUT2D eigenvalue weighted by molar-refractivity contribution is -0.384. The Bertz CT molecular complexity index is 800. The van der Waals surface area contributed by atoms with Crippen LogP contribution in [-0.4, -0.2) is 31.1 Å². The Morgan fingerprint density at radius 1 is 1.25 bits per heavy atom. The van der Waals surface area contributed by atoms with E-state index in [1.54, 1.807) is 43.3 Å². The van der Waals surface area contributed by atoms with Crippen molar-refractivity contribution in [3.8, 4) is 0 Å². The smallest absolute Gasteiger partial charge is 0.293 e. The maximum absolute atomic E-state index is 12.0. The number of benzene rings is 2. The van der Waals surface area contributed by atoms with E-state index in [1.165, 1.54) is 12.3 Å². The molecule has 0 spiro atoms. The quantitative estimate of drug-likeness (QED) is 0.520. The van der Waals surface area contributed by atoms with E-state index in [2.05, 4.69) is 10.5 Å². The summed E-state index contributed by atoms with van der Waals surface area (Å²) >= 11 is 0. The first kappa shape index (κ1) is 17.1. The summed E-state index contributed by atoms with van der Waals surface area (Å²) in [5, 5.41) is 15.0. The largest absolute Gasteiger partial charge is 0.372 e. The average Bonchev–Trinajstić information content (AvgIpc) is 2.54. The average molecular weight is 326 g/mol. The van der Waals surface area contributed by atoms with Gasteiger partial charge in [-0.05, 0) is 24.6 Å². The Labute approximate surface area is 139 Å². The first-order valence-electron chi connectivity index (χ1n) is 7.25. The van der Waals surface area contributed by atoms with Crippen LogP contribution in [0.1, 0.15) is 21.5 Å². The number of amides is 1. The number of aryl methyl sites for hydroxylation is 1. The first-order chi connectivity index (χ1) is 11.4. The number of nitro benzene ring substituents is 1. The van der Waals surface area contributed by atoms with Crippen molar-refractivity contribution < 1.29 is 9.72 Å². The molecule has 2 rings (SSSR count). The van der Waals surface area contributed by atoms with Gasteiger partial charge in [-0.3, -0.25) is 14.9 Å². The molecular formula is C17H18N4O3. The molecule has 0 aliphatic heterocycles. The molecule has 0 atom stereocenters. The van der Waals surface area contributed by atoms with E-state index in [0.29, 0.717) is 16.8 Å². The molecule has 1 N–H and O–H groups in total. The normalized spacial score (nSPS) is 10.6. The Balaban J connectivity index is 2.15. The highest BCUT2D eigenvalue weighted by atomic mass is 16.6. The Morgan fingerprint density at radius 3 is 2.58 bits per heavy atom. The van der Waals surface area contributed by atoms with Crippen molar-refractivity contribution in [2.45, 2.75) is 6.92 Å². The molecule has 7 heteroatoms. The maximum atomic E-state index is 12.0. The van der Waals surface area contributed by atoms with Crippen LogP contribution in [0.2, 0.25) is 0 Å². The van der Waals surface area contributed by atoms with Crippen molar-refractivity contribution in [1.29, 1.82) is 0 Å². The van der Waals surface area contributed by atoms with Gasteiger partial charge in [0.1, 0.15) is 5.69 Å². The van der Waals surface area contributed by atoms with Crippen molar-refractivity contribution in [1.82, 2.24) is 5.43 Å². The fraction of sp³-hybridized carbons (Fsp3) is 0.176. The molecule has 0 unspecified atom stereocenters. The van der Waals surface area contributed by atoms with Crippen LogP contribution in [0.3, 0.4) is 0 Å². The lowest BCUT2D eigenvalue weighted by atomic mass is 10.1. The van der Waals surface area contributed by atoms with Crippen molar-refractivity contribution in [2.24, 2.45) is 5.10 Å². The molecular weight excluding hydrogens is 308 g/mol. The summed E-state index contributed by atoms with van der Waals surface area (Å²) in [6.07, 6.45) is 1.38. The standard InChI is InChI=1S/C17H18N4O3/c1-12-6-4-5-7-14(12)17(22)19-18-11-13-8-9-15(20(2)3)16(10-13)21(23)24/h4-11H,1-3H3,(H,19,22)/b18-11-. The molecule has 7 nitrogen and oxygen atoms in total. The van der Waals surface area contributed by atoms with E-state index in [1.807, 2.05) is 19.1 Å². The summed E-state index contributed by atoms with van der Waals surface area (Å²) in [5.41, 5.74) is 4.81. The summed E-state index contributed by atoms with van der Waals surface area (Å²) in [6.45, 7) is 1.84. The maximum Gasteiger partial charge on any atom is 0.293 e. The number of nitrogens with zero attached hydrogens (tertiary/aromatic N) is 3. The van der Waals surface area contributed by atoms with Crippen LogP contribution < -0.4 is 10.3 Å². The molecule has 0 heterocycles. The Hall–Kier alpha value is -3.22. The molecule has 0 fully saturated rings. The minimum absolute atomic E-state index is 0.0193. The highest BCUT2D eigenvalue weighted by Crippen LogP contribution is 2.27. The van der Waals surface area contributed by atoms with Gasteiger partial charge in [-0.2, -0.15) is 5.10 Å². The second-order valence-corrected chi connectivity index (χ2v) is 5.41. The van der Waals surface area contributed by atoms with Crippen LogP contribution in [0, 0.1) is 17.0 Å².